The molecule has 7 heteroatoms. The molecule has 1 aliphatic carbocycles. The summed E-state index contributed by atoms with van der Waals surface area (Å²) in [6.45, 7) is 2.00. The van der Waals surface area contributed by atoms with Crippen LogP contribution in [0.25, 0.3) is 17.5 Å². The van der Waals surface area contributed by atoms with Crippen LogP contribution in [0.3, 0.4) is 0 Å². The van der Waals surface area contributed by atoms with Crippen molar-refractivity contribution in [3.05, 3.63) is 83.3 Å². The summed E-state index contributed by atoms with van der Waals surface area (Å²) >= 11 is 0. The van der Waals surface area contributed by atoms with Crippen molar-refractivity contribution >= 4 is 24.0 Å². The number of amides is 1. The van der Waals surface area contributed by atoms with Gasteiger partial charge in [0.1, 0.15) is 6.17 Å². The molecule has 1 unspecified atom stereocenters. The van der Waals surface area contributed by atoms with Crippen LogP contribution in [0, 0.1) is 6.92 Å². The Morgan fingerprint density at radius 3 is 2.72 bits per heavy atom. The lowest BCUT2D eigenvalue weighted by atomic mass is 10.1. The molecule has 0 spiro atoms. The van der Waals surface area contributed by atoms with E-state index >= 15 is 0 Å². The molecule has 1 aromatic heterocycles. The number of nitrogens with one attached hydrogen (secondary N) is 1. The van der Waals surface area contributed by atoms with E-state index in [-0.39, 0.29) is 5.91 Å². The lowest BCUT2D eigenvalue weighted by Crippen LogP contribution is -2.38. The van der Waals surface area contributed by atoms with Crippen molar-refractivity contribution in [1.82, 2.24) is 15.3 Å². The van der Waals surface area contributed by atoms with Gasteiger partial charge in [0.05, 0.1) is 12.0 Å². The fourth-order valence-electron chi connectivity index (χ4n) is 3.67. The van der Waals surface area contributed by atoms with Gasteiger partial charge in [0, 0.05) is 35.2 Å². The van der Waals surface area contributed by atoms with Gasteiger partial charge in [-0.15, -0.1) is 0 Å². The van der Waals surface area contributed by atoms with Gasteiger partial charge in [0.15, 0.2) is 5.82 Å². The molecule has 3 aromatic rings. The van der Waals surface area contributed by atoms with Crippen LogP contribution in [0.4, 0.5) is 5.69 Å². The molecule has 7 nitrogen and oxygen atoms in total. The van der Waals surface area contributed by atoms with Gasteiger partial charge in [0.2, 0.25) is 0 Å². The highest BCUT2D eigenvalue weighted by Gasteiger charge is 2.27. The summed E-state index contributed by atoms with van der Waals surface area (Å²) in [5.74, 6) is 0.625. The molecular formula is C25H24N6O. The van der Waals surface area contributed by atoms with Crippen LogP contribution < -0.4 is 16.0 Å². The Kier molecular flexibility index (Phi) is 5.25. The molecule has 0 bridgehead atoms. The molecule has 2 aliphatic rings. The van der Waals surface area contributed by atoms with Gasteiger partial charge in [-0.1, -0.05) is 24.3 Å². The molecule has 32 heavy (non-hydrogen) atoms. The molecule has 0 saturated heterocycles. The van der Waals surface area contributed by atoms with E-state index in [1.807, 2.05) is 60.4 Å². The number of carbonyl (C=O) groups is 1. The number of nitrogens with two attached hydrogens (primary N) is 1. The molecule has 5 rings (SSSR count). The summed E-state index contributed by atoms with van der Waals surface area (Å²) in [5.41, 5.74) is 11.7. The topological polar surface area (TPSA) is 96.5 Å². The normalized spacial score (nSPS) is 18.9. The van der Waals surface area contributed by atoms with Crippen molar-refractivity contribution < 1.29 is 4.79 Å². The number of benzene rings is 2. The maximum Gasteiger partial charge on any atom is 0.251 e. The van der Waals surface area contributed by atoms with Gasteiger partial charge in [-0.2, -0.15) is 0 Å². The van der Waals surface area contributed by atoms with E-state index in [0.29, 0.717) is 17.4 Å². The predicted molar refractivity (Wildman–Crippen MR) is 126 cm³/mol. The fraction of sp³-hybridized carbons (Fsp3) is 0.200. The monoisotopic (exact) mass is 424 g/mol. The first-order valence-electron chi connectivity index (χ1n) is 10.7. The quantitative estimate of drug-likeness (QED) is 0.653. The van der Waals surface area contributed by atoms with E-state index < -0.39 is 6.17 Å². The zero-order valence-corrected chi connectivity index (χ0v) is 17.8. The van der Waals surface area contributed by atoms with Gasteiger partial charge in [-0.05, 0) is 61.2 Å². The van der Waals surface area contributed by atoms with Crippen molar-refractivity contribution in [3.63, 3.8) is 0 Å². The fourth-order valence-corrected chi connectivity index (χ4v) is 3.67. The smallest absolute Gasteiger partial charge is 0.251 e. The lowest BCUT2D eigenvalue weighted by Gasteiger charge is -2.23. The number of carbonyl (C=O) groups excluding carboxylic acids is 1. The molecule has 2 heterocycles. The molecule has 1 aliphatic heterocycles. The second-order valence-electron chi connectivity index (χ2n) is 8.11. The zero-order chi connectivity index (χ0) is 22.1. The van der Waals surface area contributed by atoms with Crippen LogP contribution in [0.2, 0.25) is 0 Å². The molecule has 1 amide bonds. The first kappa shape index (κ1) is 20.1. The minimum absolute atomic E-state index is 0.0471. The number of anilines is 1. The Bertz CT molecular complexity index is 1220. The molecule has 0 radical (unpaired) electrons. The lowest BCUT2D eigenvalue weighted by molar-refractivity contribution is 0.0951. The van der Waals surface area contributed by atoms with Crippen molar-refractivity contribution in [3.8, 4) is 11.4 Å². The van der Waals surface area contributed by atoms with E-state index in [1.54, 1.807) is 24.8 Å². The Hall–Kier alpha value is -3.84. The molecule has 1 atom stereocenters. The van der Waals surface area contributed by atoms with E-state index in [1.165, 1.54) is 0 Å². The number of hydrogen-bond donors (Lipinski definition) is 2. The standard InChI is InChI=1S/C25H24N6O/c1-16-6-7-19(25(32)30-20-8-9-20)14-22(16)31-15-29-21(23(31)26)13-17-4-2-5-18(12-17)24-27-10-3-11-28-24/h2-7,10-15,20,23H,8-9,26H2,1H3,(H,30,32). The molecule has 1 fully saturated rings. The van der Waals surface area contributed by atoms with E-state index in [0.717, 1.165) is 40.9 Å². The Morgan fingerprint density at radius 2 is 1.94 bits per heavy atom. The van der Waals surface area contributed by atoms with Gasteiger partial charge in [-0.25, -0.2) is 15.0 Å². The number of hydrogen-bond acceptors (Lipinski definition) is 6. The Morgan fingerprint density at radius 1 is 1.12 bits per heavy atom. The Balaban J connectivity index is 1.39. The van der Waals surface area contributed by atoms with Crippen molar-refractivity contribution in [2.45, 2.75) is 32.0 Å². The molecule has 2 aromatic carbocycles. The maximum atomic E-state index is 12.5. The van der Waals surface area contributed by atoms with Crippen molar-refractivity contribution in [2.24, 2.45) is 10.7 Å². The number of nitrogens with zero attached hydrogens (tertiary/aromatic N) is 4. The van der Waals surface area contributed by atoms with Crippen LogP contribution in [0.5, 0.6) is 0 Å². The van der Waals surface area contributed by atoms with E-state index in [4.69, 9.17) is 5.73 Å². The third-order valence-corrected chi connectivity index (χ3v) is 5.62. The average molecular weight is 425 g/mol. The van der Waals surface area contributed by atoms with E-state index in [9.17, 15) is 4.79 Å². The second-order valence-corrected chi connectivity index (χ2v) is 8.11. The minimum atomic E-state index is -0.452. The summed E-state index contributed by atoms with van der Waals surface area (Å²) in [4.78, 5) is 27.6. The highest BCUT2D eigenvalue weighted by Crippen LogP contribution is 2.29. The van der Waals surface area contributed by atoms with Crippen LogP contribution in [0.1, 0.15) is 34.3 Å². The van der Waals surface area contributed by atoms with E-state index in [2.05, 4.69) is 20.3 Å². The Labute approximate surface area is 186 Å². The minimum Gasteiger partial charge on any atom is -0.349 e. The summed E-state index contributed by atoms with van der Waals surface area (Å²) in [6, 6.07) is 15.7. The zero-order valence-electron chi connectivity index (χ0n) is 17.8. The van der Waals surface area contributed by atoms with Crippen LogP contribution in [-0.4, -0.2) is 34.4 Å². The summed E-state index contributed by atoms with van der Waals surface area (Å²) < 4.78 is 0. The highest BCUT2D eigenvalue weighted by atomic mass is 16.1. The molecule has 160 valence electrons. The van der Waals surface area contributed by atoms with Crippen LogP contribution in [-0.2, 0) is 0 Å². The molecule has 1 saturated carbocycles. The van der Waals surface area contributed by atoms with Gasteiger partial charge in [-0.3, -0.25) is 4.79 Å². The summed E-state index contributed by atoms with van der Waals surface area (Å²) in [7, 11) is 0. The third-order valence-electron chi connectivity index (χ3n) is 5.62. The summed E-state index contributed by atoms with van der Waals surface area (Å²) in [6.07, 6.45) is 8.80. The van der Waals surface area contributed by atoms with Crippen LogP contribution in [0.15, 0.2) is 71.6 Å². The average Bonchev–Trinajstić information content (AvgIpc) is 3.57. The highest BCUT2D eigenvalue weighted by molar-refractivity contribution is 5.97. The van der Waals surface area contributed by atoms with Crippen molar-refractivity contribution in [1.29, 1.82) is 0 Å². The van der Waals surface area contributed by atoms with Crippen molar-refractivity contribution in [2.75, 3.05) is 4.90 Å². The summed E-state index contributed by atoms with van der Waals surface area (Å²) in [5, 5.41) is 3.03. The first-order valence-corrected chi connectivity index (χ1v) is 10.7. The maximum absolute atomic E-state index is 12.5. The van der Waals surface area contributed by atoms with Gasteiger partial charge < -0.3 is 16.0 Å². The number of aryl methyl sites for hydroxylation is 1. The molecule has 3 N–H and O–H groups in total. The van der Waals surface area contributed by atoms with Crippen LogP contribution >= 0.6 is 0 Å². The largest absolute Gasteiger partial charge is 0.349 e. The SMILES string of the molecule is Cc1ccc(C(=O)NC2CC2)cc1N1C=NC(=Cc2cccc(-c3ncccn3)c2)C1N. The number of aliphatic imine (C=N–C) groups is 1. The van der Waals surface area contributed by atoms with Gasteiger partial charge >= 0.3 is 0 Å². The van der Waals surface area contributed by atoms with Gasteiger partial charge in [0.25, 0.3) is 5.91 Å². The second kappa shape index (κ2) is 8.36. The first-order chi connectivity index (χ1) is 15.6. The number of rotatable bonds is 5. The molecular weight excluding hydrogens is 400 g/mol. The number of aromatic nitrogens is 2. The third kappa shape index (κ3) is 4.15. The predicted octanol–water partition coefficient (Wildman–Crippen LogP) is 3.52.